The number of hydrogen-bond donors (Lipinski definition) is 3. The molecule has 3 N–H and O–H groups in total. The molecule has 1 atom stereocenters. The summed E-state index contributed by atoms with van der Waals surface area (Å²) in [7, 11) is 5.77. The lowest BCUT2D eigenvalue weighted by molar-refractivity contribution is -0.862. The van der Waals surface area contributed by atoms with Crippen molar-refractivity contribution in [2.75, 3.05) is 33.0 Å². The molecule has 2 rings (SSSR count). The zero-order valence-corrected chi connectivity index (χ0v) is 11.3. The van der Waals surface area contributed by atoms with Crippen molar-refractivity contribution in [3.8, 4) is 0 Å². The van der Waals surface area contributed by atoms with E-state index in [0.717, 1.165) is 11.3 Å². The standard InChI is InChI=1S/C13H18N4O2/c1-17(2,3)8-11(18)15-16-12-9-6-4-5-7-10(9)14-13(12)19/h4-7,13,19H,8H2,1-3H3,(H-,14,15,16,18)/p+1/t13-/m0/s1. The van der Waals surface area contributed by atoms with Gasteiger partial charge in [-0.05, 0) is 6.07 Å². The van der Waals surface area contributed by atoms with Crippen molar-refractivity contribution in [1.29, 1.82) is 0 Å². The Balaban J connectivity index is 2.10. The summed E-state index contributed by atoms with van der Waals surface area (Å²) in [5, 5.41) is 16.8. The first-order valence-electron chi connectivity index (χ1n) is 6.08. The number of nitrogens with zero attached hydrogens (tertiary/aromatic N) is 2. The Labute approximate surface area is 112 Å². The Morgan fingerprint density at radius 2 is 2.11 bits per heavy atom. The summed E-state index contributed by atoms with van der Waals surface area (Å²) >= 11 is 0. The Morgan fingerprint density at radius 3 is 2.79 bits per heavy atom. The average Bonchev–Trinajstić information content (AvgIpc) is 2.60. The van der Waals surface area contributed by atoms with Gasteiger partial charge in [-0.3, -0.25) is 4.79 Å². The number of nitrogens with one attached hydrogen (secondary N) is 2. The van der Waals surface area contributed by atoms with Gasteiger partial charge < -0.3 is 14.9 Å². The SMILES string of the molecule is C[N+](C)(C)CC(=O)NN=C1c2ccccc2N[C@H]1O. The summed E-state index contributed by atoms with van der Waals surface area (Å²) < 4.78 is 0.522. The van der Waals surface area contributed by atoms with Gasteiger partial charge in [0.25, 0.3) is 5.91 Å². The second kappa shape index (κ2) is 4.99. The number of anilines is 1. The normalized spacial score (nSPS) is 20.0. The number of carbonyl (C=O) groups is 1. The molecular formula is C13H19N4O2+. The molecule has 1 aliphatic heterocycles. The number of aliphatic hydroxyl groups excluding tert-OH is 1. The topological polar surface area (TPSA) is 73.7 Å². The molecule has 0 radical (unpaired) electrons. The van der Waals surface area contributed by atoms with E-state index in [1.165, 1.54) is 0 Å². The second-order valence-corrected chi connectivity index (χ2v) is 5.57. The zero-order valence-electron chi connectivity index (χ0n) is 11.3. The van der Waals surface area contributed by atoms with E-state index in [9.17, 15) is 9.90 Å². The Hall–Kier alpha value is -1.92. The van der Waals surface area contributed by atoms with Crippen LogP contribution in [-0.4, -0.2) is 55.1 Å². The van der Waals surface area contributed by atoms with Crippen molar-refractivity contribution in [2.45, 2.75) is 6.23 Å². The maximum Gasteiger partial charge on any atom is 0.295 e. The van der Waals surface area contributed by atoms with Gasteiger partial charge in [0.2, 0.25) is 0 Å². The van der Waals surface area contributed by atoms with Crippen LogP contribution in [0.4, 0.5) is 5.69 Å². The molecule has 1 aromatic carbocycles. The number of rotatable bonds is 3. The minimum Gasteiger partial charge on any atom is -0.368 e. The maximum atomic E-state index is 11.7. The molecule has 1 heterocycles. The third-order valence-electron chi connectivity index (χ3n) is 2.67. The number of hydrazone groups is 1. The third kappa shape index (κ3) is 3.30. The predicted molar refractivity (Wildman–Crippen MR) is 73.7 cm³/mol. The second-order valence-electron chi connectivity index (χ2n) is 5.57. The van der Waals surface area contributed by atoms with Crippen molar-refractivity contribution in [1.82, 2.24) is 5.43 Å². The van der Waals surface area contributed by atoms with Gasteiger partial charge in [-0.2, -0.15) is 5.10 Å². The minimum atomic E-state index is -0.887. The van der Waals surface area contributed by atoms with Gasteiger partial charge in [-0.15, -0.1) is 0 Å². The maximum absolute atomic E-state index is 11.7. The van der Waals surface area contributed by atoms with E-state index in [-0.39, 0.29) is 5.91 Å². The highest BCUT2D eigenvalue weighted by Gasteiger charge is 2.26. The highest BCUT2D eigenvalue weighted by Crippen LogP contribution is 2.24. The molecule has 0 spiro atoms. The van der Waals surface area contributed by atoms with Crippen LogP contribution < -0.4 is 10.7 Å². The first-order valence-corrected chi connectivity index (χ1v) is 6.08. The van der Waals surface area contributed by atoms with Crippen LogP contribution in [0.1, 0.15) is 5.56 Å². The molecule has 1 aromatic rings. The first kappa shape index (κ1) is 13.5. The molecule has 19 heavy (non-hydrogen) atoms. The van der Waals surface area contributed by atoms with Gasteiger partial charge in [0.15, 0.2) is 12.8 Å². The molecule has 0 aromatic heterocycles. The van der Waals surface area contributed by atoms with Crippen molar-refractivity contribution in [2.24, 2.45) is 5.10 Å². The number of likely N-dealkylation sites (N-methyl/N-ethyl adjacent to an activating group) is 1. The average molecular weight is 263 g/mol. The van der Waals surface area contributed by atoms with Crippen LogP contribution in [0, 0.1) is 0 Å². The van der Waals surface area contributed by atoms with E-state index in [4.69, 9.17) is 0 Å². The minimum absolute atomic E-state index is 0.184. The van der Waals surface area contributed by atoms with E-state index in [1.807, 2.05) is 45.4 Å². The molecule has 0 unspecified atom stereocenters. The molecule has 0 saturated heterocycles. The summed E-state index contributed by atoms with van der Waals surface area (Å²) in [6, 6.07) is 7.44. The van der Waals surface area contributed by atoms with Crippen molar-refractivity contribution in [3.63, 3.8) is 0 Å². The smallest absolute Gasteiger partial charge is 0.295 e. The Morgan fingerprint density at radius 1 is 1.42 bits per heavy atom. The molecule has 0 saturated carbocycles. The Bertz CT molecular complexity index is 520. The predicted octanol–water partition coefficient (Wildman–Crippen LogP) is -0.0430. The van der Waals surface area contributed by atoms with Crippen LogP contribution in [-0.2, 0) is 4.79 Å². The van der Waals surface area contributed by atoms with Crippen LogP contribution in [0.5, 0.6) is 0 Å². The largest absolute Gasteiger partial charge is 0.368 e. The van der Waals surface area contributed by atoms with E-state index in [2.05, 4.69) is 15.8 Å². The van der Waals surface area contributed by atoms with E-state index in [1.54, 1.807) is 0 Å². The van der Waals surface area contributed by atoms with E-state index in [0.29, 0.717) is 16.7 Å². The monoisotopic (exact) mass is 263 g/mol. The highest BCUT2D eigenvalue weighted by atomic mass is 16.3. The van der Waals surface area contributed by atoms with Crippen LogP contribution >= 0.6 is 0 Å². The molecule has 6 heteroatoms. The number of amides is 1. The molecule has 102 valence electrons. The van der Waals surface area contributed by atoms with Crippen LogP contribution in [0.25, 0.3) is 0 Å². The van der Waals surface area contributed by atoms with Crippen LogP contribution in [0.3, 0.4) is 0 Å². The zero-order chi connectivity index (χ0) is 14.0. The van der Waals surface area contributed by atoms with Gasteiger partial charge in [0, 0.05) is 11.3 Å². The number of aliphatic hydroxyl groups is 1. The molecular weight excluding hydrogens is 244 g/mol. The Kier molecular flexibility index (Phi) is 3.55. The number of para-hydroxylation sites is 1. The highest BCUT2D eigenvalue weighted by molar-refractivity contribution is 6.12. The van der Waals surface area contributed by atoms with E-state index >= 15 is 0 Å². The molecule has 1 amide bonds. The third-order valence-corrected chi connectivity index (χ3v) is 2.67. The fourth-order valence-electron chi connectivity index (χ4n) is 1.91. The quantitative estimate of drug-likeness (QED) is 0.529. The van der Waals surface area contributed by atoms with Gasteiger partial charge >= 0.3 is 0 Å². The molecule has 0 aliphatic carbocycles. The number of carbonyl (C=O) groups excluding carboxylic acids is 1. The lowest BCUT2D eigenvalue weighted by Crippen LogP contribution is -2.43. The van der Waals surface area contributed by atoms with Crippen LogP contribution in [0.15, 0.2) is 29.4 Å². The fraction of sp³-hybridized carbons (Fsp3) is 0.385. The molecule has 0 bridgehead atoms. The molecule has 0 fully saturated rings. The molecule has 1 aliphatic rings. The van der Waals surface area contributed by atoms with E-state index < -0.39 is 6.23 Å². The summed E-state index contributed by atoms with van der Waals surface area (Å²) in [4.78, 5) is 11.7. The lowest BCUT2D eigenvalue weighted by atomic mass is 10.1. The summed E-state index contributed by atoms with van der Waals surface area (Å²) in [5.41, 5.74) is 4.54. The number of quaternary nitrogens is 1. The first-order chi connectivity index (χ1) is 8.87. The van der Waals surface area contributed by atoms with Crippen molar-refractivity contribution < 1.29 is 14.4 Å². The van der Waals surface area contributed by atoms with Gasteiger partial charge in [-0.1, -0.05) is 18.2 Å². The summed E-state index contributed by atoms with van der Waals surface area (Å²) in [6.45, 7) is 0.321. The number of hydrogen-bond acceptors (Lipinski definition) is 4. The summed E-state index contributed by atoms with van der Waals surface area (Å²) in [6.07, 6.45) is -0.887. The summed E-state index contributed by atoms with van der Waals surface area (Å²) in [5.74, 6) is -0.184. The fourth-order valence-corrected chi connectivity index (χ4v) is 1.91. The number of benzene rings is 1. The van der Waals surface area contributed by atoms with Crippen LogP contribution in [0.2, 0.25) is 0 Å². The van der Waals surface area contributed by atoms with Gasteiger partial charge in [0.1, 0.15) is 5.71 Å². The number of fused-ring (bicyclic) bond motifs is 1. The van der Waals surface area contributed by atoms with Crippen molar-refractivity contribution >= 4 is 17.3 Å². The van der Waals surface area contributed by atoms with Gasteiger partial charge in [0.05, 0.1) is 21.1 Å². The lowest BCUT2D eigenvalue weighted by Gasteiger charge is -2.22. The van der Waals surface area contributed by atoms with Gasteiger partial charge in [-0.25, -0.2) is 5.43 Å². The van der Waals surface area contributed by atoms with Crippen molar-refractivity contribution in [3.05, 3.63) is 29.8 Å². The molecule has 6 nitrogen and oxygen atoms in total.